The highest BCUT2D eigenvalue weighted by Gasteiger charge is 2.08. The number of pyridine rings is 1. The van der Waals surface area contributed by atoms with Crippen LogP contribution in [0.3, 0.4) is 0 Å². The number of nitrogens with two attached hydrogens (primary N) is 1. The van der Waals surface area contributed by atoms with Crippen molar-refractivity contribution in [2.75, 3.05) is 0 Å². The molecule has 0 spiro atoms. The molecule has 78 valence electrons. The molecule has 2 aromatic rings. The van der Waals surface area contributed by atoms with Crippen LogP contribution in [0.1, 0.15) is 31.2 Å². The molecule has 0 aliphatic heterocycles. The van der Waals surface area contributed by atoms with Crippen LogP contribution in [-0.2, 0) is 0 Å². The average molecular weight is 202 g/mol. The van der Waals surface area contributed by atoms with Crippen molar-refractivity contribution in [1.29, 1.82) is 5.41 Å². The van der Waals surface area contributed by atoms with E-state index in [1.807, 2.05) is 28.9 Å². The van der Waals surface area contributed by atoms with Crippen molar-refractivity contribution in [2.45, 2.75) is 19.8 Å². The first-order chi connectivity index (χ1) is 7.09. The van der Waals surface area contributed by atoms with E-state index in [-0.39, 0.29) is 5.84 Å². The molecule has 0 atom stereocenters. The van der Waals surface area contributed by atoms with Crippen molar-refractivity contribution < 1.29 is 0 Å². The quantitative estimate of drug-likeness (QED) is 0.575. The van der Waals surface area contributed by atoms with E-state index in [4.69, 9.17) is 11.1 Å². The maximum Gasteiger partial charge on any atom is 0.124 e. The van der Waals surface area contributed by atoms with Gasteiger partial charge in [0, 0.05) is 17.7 Å². The molecule has 0 saturated heterocycles. The summed E-state index contributed by atoms with van der Waals surface area (Å²) in [6.07, 6.45) is 3.69. The lowest BCUT2D eigenvalue weighted by molar-refractivity contribution is 0.770. The van der Waals surface area contributed by atoms with Gasteiger partial charge in [-0.1, -0.05) is 13.8 Å². The van der Waals surface area contributed by atoms with Gasteiger partial charge in [0.15, 0.2) is 0 Å². The number of hydrogen-bond donors (Lipinski definition) is 2. The SMILES string of the molecule is CC(C)c1ncc2ccc(C(=N)N)cn12. The summed E-state index contributed by atoms with van der Waals surface area (Å²) in [7, 11) is 0. The van der Waals surface area contributed by atoms with Gasteiger partial charge in [-0.2, -0.15) is 0 Å². The van der Waals surface area contributed by atoms with Crippen LogP contribution in [0, 0.1) is 5.41 Å². The van der Waals surface area contributed by atoms with Crippen LogP contribution in [0.15, 0.2) is 24.5 Å². The van der Waals surface area contributed by atoms with Crippen LogP contribution in [0.25, 0.3) is 5.52 Å². The molecule has 4 heteroatoms. The normalized spacial score (nSPS) is 11.1. The molecule has 3 N–H and O–H groups in total. The Kier molecular flexibility index (Phi) is 2.19. The first-order valence-corrected chi connectivity index (χ1v) is 4.91. The molecule has 0 amide bonds. The topological polar surface area (TPSA) is 67.2 Å². The number of fused-ring (bicyclic) bond motifs is 1. The van der Waals surface area contributed by atoms with Crippen molar-refractivity contribution in [1.82, 2.24) is 9.38 Å². The fourth-order valence-electron chi connectivity index (χ4n) is 1.60. The average Bonchev–Trinajstić information content (AvgIpc) is 2.59. The van der Waals surface area contributed by atoms with Gasteiger partial charge in [0.1, 0.15) is 11.7 Å². The van der Waals surface area contributed by atoms with E-state index < -0.39 is 0 Å². The fourth-order valence-corrected chi connectivity index (χ4v) is 1.60. The molecule has 0 saturated carbocycles. The van der Waals surface area contributed by atoms with Gasteiger partial charge >= 0.3 is 0 Å². The third-order valence-corrected chi connectivity index (χ3v) is 2.38. The van der Waals surface area contributed by atoms with E-state index in [1.54, 1.807) is 0 Å². The number of imidazole rings is 1. The third kappa shape index (κ3) is 1.58. The highest BCUT2D eigenvalue weighted by molar-refractivity contribution is 5.94. The van der Waals surface area contributed by atoms with Gasteiger partial charge in [-0.3, -0.25) is 5.41 Å². The largest absolute Gasteiger partial charge is 0.384 e. The molecule has 0 unspecified atom stereocenters. The van der Waals surface area contributed by atoms with Crippen molar-refractivity contribution >= 4 is 11.4 Å². The minimum absolute atomic E-state index is 0.0836. The Morgan fingerprint density at radius 2 is 2.20 bits per heavy atom. The number of nitrogens with zero attached hydrogens (tertiary/aromatic N) is 2. The molecule has 2 aromatic heterocycles. The van der Waals surface area contributed by atoms with Crippen LogP contribution in [-0.4, -0.2) is 15.2 Å². The number of nitrogen functional groups attached to an aromatic ring is 1. The minimum atomic E-state index is 0.0836. The predicted octanol–water partition coefficient (Wildman–Crippen LogP) is 1.74. The second-order valence-corrected chi connectivity index (χ2v) is 3.90. The van der Waals surface area contributed by atoms with Crippen molar-refractivity contribution in [3.05, 3.63) is 35.9 Å². The number of hydrogen-bond acceptors (Lipinski definition) is 2. The smallest absolute Gasteiger partial charge is 0.124 e. The van der Waals surface area contributed by atoms with Crippen molar-refractivity contribution in [3.8, 4) is 0 Å². The molecular formula is C11H14N4. The van der Waals surface area contributed by atoms with E-state index >= 15 is 0 Å². The minimum Gasteiger partial charge on any atom is -0.384 e. The first-order valence-electron chi connectivity index (χ1n) is 4.91. The molecule has 0 aliphatic rings. The molecule has 0 bridgehead atoms. The number of rotatable bonds is 2. The summed E-state index contributed by atoms with van der Waals surface area (Å²) in [5, 5.41) is 7.39. The van der Waals surface area contributed by atoms with Gasteiger partial charge in [0.25, 0.3) is 0 Å². The Morgan fingerprint density at radius 3 is 2.80 bits per heavy atom. The van der Waals surface area contributed by atoms with E-state index in [1.165, 1.54) is 0 Å². The highest BCUT2D eigenvalue weighted by atomic mass is 15.0. The number of nitrogens with one attached hydrogen (secondary N) is 1. The van der Waals surface area contributed by atoms with Gasteiger partial charge in [-0.25, -0.2) is 4.98 Å². The predicted molar refractivity (Wildman–Crippen MR) is 60.3 cm³/mol. The number of amidine groups is 1. The second kappa shape index (κ2) is 3.38. The van der Waals surface area contributed by atoms with Crippen LogP contribution < -0.4 is 5.73 Å². The summed E-state index contributed by atoms with van der Waals surface area (Å²) in [6.45, 7) is 4.18. The fraction of sp³-hybridized carbons (Fsp3) is 0.273. The monoisotopic (exact) mass is 202 g/mol. The Balaban J connectivity index is 2.66. The molecule has 0 fully saturated rings. The molecule has 2 heterocycles. The standard InChI is InChI=1S/C11H14N4/c1-7(2)11-14-5-9-4-3-8(10(12)13)6-15(9)11/h3-7H,1-2H3,(H3,12,13). The van der Waals surface area contributed by atoms with Gasteiger partial charge in [0.05, 0.1) is 11.7 Å². The Labute approximate surface area is 88.3 Å². The van der Waals surface area contributed by atoms with Crippen LogP contribution >= 0.6 is 0 Å². The molecule has 0 aliphatic carbocycles. The molecule has 4 nitrogen and oxygen atoms in total. The molecule has 15 heavy (non-hydrogen) atoms. The van der Waals surface area contributed by atoms with E-state index in [0.29, 0.717) is 5.92 Å². The summed E-state index contributed by atoms with van der Waals surface area (Å²) >= 11 is 0. The van der Waals surface area contributed by atoms with Gasteiger partial charge in [0.2, 0.25) is 0 Å². The van der Waals surface area contributed by atoms with Crippen molar-refractivity contribution in [3.63, 3.8) is 0 Å². The zero-order valence-electron chi connectivity index (χ0n) is 8.86. The van der Waals surface area contributed by atoms with Crippen LogP contribution in [0.2, 0.25) is 0 Å². The van der Waals surface area contributed by atoms with E-state index in [0.717, 1.165) is 16.9 Å². The zero-order valence-corrected chi connectivity index (χ0v) is 8.86. The summed E-state index contributed by atoms with van der Waals surface area (Å²) in [4.78, 5) is 4.35. The van der Waals surface area contributed by atoms with Gasteiger partial charge < -0.3 is 10.1 Å². The Hall–Kier alpha value is -1.84. The molecular weight excluding hydrogens is 188 g/mol. The van der Waals surface area contributed by atoms with Gasteiger partial charge in [-0.05, 0) is 12.1 Å². The summed E-state index contributed by atoms with van der Waals surface area (Å²) in [5.41, 5.74) is 7.20. The maximum atomic E-state index is 7.39. The van der Waals surface area contributed by atoms with E-state index in [9.17, 15) is 0 Å². The van der Waals surface area contributed by atoms with Crippen molar-refractivity contribution in [2.24, 2.45) is 5.73 Å². The summed E-state index contributed by atoms with van der Waals surface area (Å²) < 4.78 is 1.99. The lowest BCUT2D eigenvalue weighted by atomic mass is 10.2. The van der Waals surface area contributed by atoms with Crippen LogP contribution in [0.5, 0.6) is 0 Å². The summed E-state index contributed by atoms with van der Waals surface area (Å²) in [6, 6.07) is 3.76. The Bertz CT molecular complexity index is 510. The maximum absolute atomic E-state index is 7.39. The summed E-state index contributed by atoms with van der Waals surface area (Å²) in [5.74, 6) is 1.43. The Morgan fingerprint density at radius 1 is 1.47 bits per heavy atom. The second-order valence-electron chi connectivity index (χ2n) is 3.90. The number of aromatic nitrogens is 2. The first kappa shape index (κ1) is 9.71. The highest BCUT2D eigenvalue weighted by Crippen LogP contribution is 2.16. The molecule has 2 rings (SSSR count). The zero-order chi connectivity index (χ0) is 11.0. The molecule has 0 aromatic carbocycles. The lowest BCUT2D eigenvalue weighted by Crippen LogP contribution is -2.12. The molecule has 0 radical (unpaired) electrons. The van der Waals surface area contributed by atoms with E-state index in [2.05, 4.69) is 18.8 Å². The lowest BCUT2D eigenvalue weighted by Gasteiger charge is -2.05. The van der Waals surface area contributed by atoms with Gasteiger partial charge in [-0.15, -0.1) is 0 Å². The van der Waals surface area contributed by atoms with Crippen LogP contribution in [0.4, 0.5) is 0 Å². The third-order valence-electron chi connectivity index (χ3n) is 2.38.